The molecule has 1 aromatic rings. The lowest BCUT2D eigenvalue weighted by atomic mass is 9.98. The number of nitrogens with zero attached hydrogens (tertiary/aromatic N) is 2. The van der Waals surface area contributed by atoms with Gasteiger partial charge in [0.15, 0.2) is 0 Å². The molecule has 3 aliphatic rings. The molecule has 3 saturated heterocycles. The fourth-order valence-corrected chi connectivity index (χ4v) is 3.99. The van der Waals surface area contributed by atoms with E-state index in [-0.39, 0.29) is 24.0 Å². The van der Waals surface area contributed by atoms with Gasteiger partial charge in [0.05, 0.1) is 31.3 Å². The largest absolute Gasteiger partial charge is 0.490 e. The summed E-state index contributed by atoms with van der Waals surface area (Å²) < 4.78 is 43.2. The number of carbonyl (C=O) groups is 2. The highest BCUT2D eigenvalue weighted by molar-refractivity contribution is 5.80. The van der Waals surface area contributed by atoms with E-state index < -0.39 is 12.1 Å². The van der Waals surface area contributed by atoms with Crippen molar-refractivity contribution in [2.45, 2.75) is 31.3 Å². The predicted octanol–water partition coefficient (Wildman–Crippen LogP) is 1.77. The van der Waals surface area contributed by atoms with Crippen LogP contribution in [0.25, 0.3) is 0 Å². The standard InChI is InChI=1S/C18H24N2O3.C2HF3O2/c21-18(20-6-8-22-9-7-20)16-10-15-12-19(13-17(16)23-15)11-14-4-2-1-3-5-14;3-2(4,5)1(6)7/h1-5,15-17H,6-13H2;(H,6,7)/t15-,16+,17-;/m1./s1. The quantitative estimate of drug-likeness (QED) is 0.788. The van der Waals surface area contributed by atoms with E-state index in [2.05, 4.69) is 29.2 Å². The average molecular weight is 430 g/mol. The zero-order valence-electron chi connectivity index (χ0n) is 16.4. The van der Waals surface area contributed by atoms with Gasteiger partial charge in [-0.3, -0.25) is 9.69 Å². The molecule has 4 rings (SSSR count). The van der Waals surface area contributed by atoms with Crippen LogP contribution in [-0.2, 0) is 25.6 Å². The summed E-state index contributed by atoms with van der Waals surface area (Å²) in [4.78, 5) is 26.1. The van der Waals surface area contributed by atoms with Crippen molar-refractivity contribution in [2.75, 3.05) is 39.4 Å². The third-order valence-electron chi connectivity index (χ3n) is 5.36. The van der Waals surface area contributed by atoms with Crippen molar-refractivity contribution in [1.82, 2.24) is 9.80 Å². The Morgan fingerprint density at radius 3 is 2.33 bits per heavy atom. The smallest absolute Gasteiger partial charge is 0.475 e. The minimum absolute atomic E-state index is 0.0267. The third kappa shape index (κ3) is 5.93. The summed E-state index contributed by atoms with van der Waals surface area (Å²) in [5.41, 5.74) is 1.32. The van der Waals surface area contributed by atoms with Crippen molar-refractivity contribution in [2.24, 2.45) is 5.92 Å². The molecule has 0 unspecified atom stereocenters. The van der Waals surface area contributed by atoms with E-state index in [4.69, 9.17) is 19.4 Å². The number of amides is 1. The Labute approximate surface area is 172 Å². The van der Waals surface area contributed by atoms with Gasteiger partial charge >= 0.3 is 12.1 Å². The zero-order valence-corrected chi connectivity index (χ0v) is 16.4. The fourth-order valence-electron chi connectivity index (χ4n) is 3.99. The van der Waals surface area contributed by atoms with E-state index >= 15 is 0 Å². The van der Waals surface area contributed by atoms with Crippen LogP contribution in [0.1, 0.15) is 12.0 Å². The normalized spacial score (nSPS) is 26.6. The van der Waals surface area contributed by atoms with Crippen LogP contribution >= 0.6 is 0 Å². The van der Waals surface area contributed by atoms with E-state index in [9.17, 15) is 18.0 Å². The van der Waals surface area contributed by atoms with Gasteiger partial charge in [0.1, 0.15) is 0 Å². The lowest BCUT2D eigenvalue weighted by Gasteiger charge is -2.34. The number of morpholine rings is 2. The number of alkyl halides is 3. The first-order valence-corrected chi connectivity index (χ1v) is 9.82. The molecule has 3 atom stereocenters. The molecule has 0 aromatic heterocycles. The topological polar surface area (TPSA) is 79.3 Å². The van der Waals surface area contributed by atoms with Gasteiger partial charge in [-0.25, -0.2) is 4.79 Å². The number of carboxylic acid groups (broad SMARTS) is 1. The number of fused-ring (bicyclic) bond motifs is 2. The van der Waals surface area contributed by atoms with E-state index in [1.165, 1.54) is 5.56 Å². The van der Waals surface area contributed by atoms with Crippen LogP contribution in [0.2, 0.25) is 0 Å². The molecule has 3 aliphatic heterocycles. The summed E-state index contributed by atoms with van der Waals surface area (Å²) in [6, 6.07) is 10.5. The number of carbonyl (C=O) groups excluding carboxylic acids is 1. The zero-order chi connectivity index (χ0) is 21.7. The summed E-state index contributed by atoms with van der Waals surface area (Å²) in [7, 11) is 0. The number of benzene rings is 1. The number of hydrogen-bond acceptors (Lipinski definition) is 5. The van der Waals surface area contributed by atoms with Crippen molar-refractivity contribution in [3.8, 4) is 0 Å². The number of carboxylic acids is 1. The van der Waals surface area contributed by atoms with E-state index in [0.717, 1.165) is 39.1 Å². The molecule has 0 radical (unpaired) electrons. The number of rotatable bonds is 3. The van der Waals surface area contributed by atoms with Crippen LogP contribution < -0.4 is 0 Å². The number of halogens is 3. The highest BCUT2D eigenvalue weighted by atomic mass is 19.4. The van der Waals surface area contributed by atoms with E-state index in [1.807, 2.05) is 11.0 Å². The summed E-state index contributed by atoms with van der Waals surface area (Å²) in [6.45, 7) is 5.49. The molecule has 0 spiro atoms. The fraction of sp³-hybridized carbons (Fsp3) is 0.600. The number of hydrogen-bond donors (Lipinski definition) is 1. The molecule has 2 bridgehead atoms. The molecule has 0 saturated carbocycles. The third-order valence-corrected chi connectivity index (χ3v) is 5.36. The lowest BCUT2D eigenvalue weighted by molar-refractivity contribution is -0.192. The SMILES string of the molecule is O=C(O)C(F)(F)F.O=C([C@H]1C[C@@H]2CN(Cc3ccccc3)C[C@H]1O2)N1CCOCC1. The Morgan fingerprint density at radius 2 is 1.73 bits per heavy atom. The maximum Gasteiger partial charge on any atom is 0.490 e. The molecule has 30 heavy (non-hydrogen) atoms. The van der Waals surface area contributed by atoms with Crippen molar-refractivity contribution in [3.05, 3.63) is 35.9 Å². The second kappa shape index (κ2) is 9.76. The minimum Gasteiger partial charge on any atom is -0.475 e. The Morgan fingerprint density at radius 1 is 1.10 bits per heavy atom. The van der Waals surface area contributed by atoms with E-state index in [1.54, 1.807) is 0 Å². The molecule has 3 fully saturated rings. The van der Waals surface area contributed by atoms with Gasteiger partial charge in [-0.1, -0.05) is 30.3 Å². The Kier molecular flexibility index (Phi) is 7.32. The lowest BCUT2D eigenvalue weighted by Crippen LogP contribution is -2.48. The van der Waals surface area contributed by atoms with Gasteiger partial charge in [-0.2, -0.15) is 13.2 Å². The predicted molar refractivity (Wildman–Crippen MR) is 99.6 cm³/mol. The minimum atomic E-state index is -5.08. The number of aliphatic carboxylic acids is 1. The van der Waals surface area contributed by atoms with Crippen molar-refractivity contribution in [3.63, 3.8) is 0 Å². The van der Waals surface area contributed by atoms with Crippen molar-refractivity contribution >= 4 is 11.9 Å². The van der Waals surface area contributed by atoms with Crippen LogP contribution in [0.5, 0.6) is 0 Å². The van der Waals surface area contributed by atoms with Gasteiger partial charge in [-0.15, -0.1) is 0 Å². The maximum atomic E-state index is 12.8. The first-order chi connectivity index (χ1) is 14.2. The molecule has 10 heteroatoms. The van der Waals surface area contributed by atoms with Crippen LogP contribution in [0, 0.1) is 5.92 Å². The average Bonchev–Trinajstić information content (AvgIpc) is 3.02. The summed E-state index contributed by atoms with van der Waals surface area (Å²) in [6.07, 6.45) is -3.97. The molecule has 3 heterocycles. The van der Waals surface area contributed by atoms with E-state index in [0.29, 0.717) is 13.2 Å². The molecule has 1 amide bonds. The Bertz CT molecular complexity index is 725. The van der Waals surface area contributed by atoms with Crippen molar-refractivity contribution in [1.29, 1.82) is 0 Å². The molecular weight excluding hydrogens is 405 g/mol. The van der Waals surface area contributed by atoms with Crippen LogP contribution in [0.4, 0.5) is 13.2 Å². The van der Waals surface area contributed by atoms with Gasteiger partial charge in [0.2, 0.25) is 5.91 Å². The number of likely N-dealkylation sites (tertiary alicyclic amines) is 1. The van der Waals surface area contributed by atoms with Gasteiger partial charge < -0.3 is 19.5 Å². The summed E-state index contributed by atoms with van der Waals surface area (Å²) in [5.74, 6) is -2.46. The molecular formula is C20H25F3N2O5. The highest BCUT2D eigenvalue weighted by Crippen LogP contribution is 2.34. The second-order valence-corrected chi connectivity index (χ2v) is 7.56. The summed E-state index contributed by atoms with van der Waals surface area (Å²) in [5, 5.41) is 7.12. The maximum absolute atomic E-state index is 12.8. The second-order valence-electron chi connectivity index (χ2n) is 7.56. The monoisotopic (exact) mass is 430 g/mol. The first-order valence-electron chi connectivity index (χ1n) is 9.82. The Hall–Kier alpha value is -2.17. The summed E-state index contributed by atoms with van der Waals surface area (Å²) >= 11 is 0. The molecule has 7 nitrogen and oxygen atoms in total. The molecule has 1 N–H and O–H groups in total. The molecule has 166 valence electrons. The highest BCUT2D eigenvalue weighted by Gasteiger charge is 2.45. The van der Waals surface area contributed by atoms with Gasteiger partial charge in [0.25, 0.3) is 0 Å². The molecule has 0 aliphatic carbocycles. The first kappa shape index (κ1) is 22.5. The van der Waals surface area contributed by atoms with Gasteiger partial charge in [0, 0.05) is 32.7 Å². The molecule has 1 aromatic carbocycles. The van der Waals surface area contributed by atoms with Gasteiger partial charge in [-0.05, 0) is 12.0 Å². The van der Waals surface area contributed by atoms with Crippen LogP contribution in [0.3, 0.4) is 0 Å². The Balaban J connectivity index is 0.000000318. The van der Waals surface area contributed by atoms with Crippen molar-refractivity contribution < 1.29 is 37.3 Å². The van der Waals surface area contributed by atoms with Crippen LogP contribution in [-0.4, -0.2) is 84.6 Å². The van der Waals surface area contributed by atoms with Crippen LogP contribution in [0.15, 0.2) is 30.3 Å². The number of ether oxygens (including phenoxy) is 2.